The molecule has 24 heavy (non-hydrogen) atoms. The van der Waals surface area contributed by atoms with Gasteiger partial charge in [-0.05, 0) is 38.1 Å². The maximum Gasteiger partial charge on any atom is 0.223 e. The first-order chi connectivity index (χ1) is 11.3. The van der Waals surface area contributed by atoms with Gasteiger partial charge in [0, 0.05) is 29.6 Å². The molecule has 1 atom stereocenters. The summed E-state index contributed by atoms with van der Waals surface area (Å²) in [5, 5.41) is 14.5. The minimum atomic E-state index is -0.353. The molecule has 0 saturated carbocycles. The van der Waals surface area contributed by atoms with Gasteiger partial charge in [0.05, 0.1) is 19.1 Å². The summed E-state index contributed by atoms with van der Waals surface area (Å²) in [7, 11) is 1.81. The van der Waals surface area contributed by atoms with Crippen molar-refractivity contribution >= 4 is 17.5 Å². The predicted octanol–water partition coefficient (Wildman–Crippen LogP) is 2.32. The van der Waals surface area contributed by atoms with Crippen molar-refractivity contribution in [2.75, 3.05) is 13.7 Å². The maximum atomic E-state index is 12.2. The molecule has 2 heterocycles. The molecule has 7 heteroatoms. The van der Waals surface area contributed by atoms with Gasteiger partial charge >= 0.3 is 0 Å². The minimum absolute atomic E-state index is 0.0344. The molecule has 1 aliphatic rings. The first-order valence-corrected chi connectivity index (χ1v) is 8.30. The topological polar surface area (TPSA) is 71.2 Å². The summed E-state index contributed by atoms with van der Waals surface area (Å²) in [5.41, 5.74) is 0.502. The molecule has 0 radical (unpaired) electrons. The molecular weight excluding hydrogens is 328 g/mol. The fourth-order valence-electron chi connectivity index (χ4n) is 3.12. The van der Waals surface area contributed by atoms with Crippen LogP contribution in [0.4, 0.5) is 0 Å². The van der Waals surface area contributed by atoms with Crippen LogP contribution < -0.4 is 0 Å². The second-order valence-corrected chi connectivity index (χ2v) is 7.05. The van der Waals surface area contributed by atoms with Gasteiger partial charge in [0.2, 0.25) is 5.91 Å². The SMILES string of the molecule is CN1C(=O)CC(c2nc(-c3ccc(Cl)cc3)nn2CCO)C1(C)C. The van der Waals surface area contributed by atoms with Crippen molar-refractivity contribution in [3.8, 4) is 11.4 Å². The van der Waals surface area contributed by atoms with Crippen LogP contribution in [0.1, 0.15) is 32.0 Å². The van der Waals surface area contributed by atoms with Gasteiger partial charge in [-0.15, -0.1) is 0 Å². The molecule has 1 aromatic carbocycles. The fraction of sp³-hybridized carbons (Fsp3) is 0.471. The molecule has 1 aliphatic heterocycles. The summed E-state index contributed by atoms with van der Waals surface area (Å²) in [6.07, 6.45) is 0.397. The number of nitrogens with zero attached hydrogens (tertiary/aromatic N) is 4. The molecule has 1 N–H and O–H groups in total. The van der Waals surface area contributed by atoms with Gasteiger partial charge in [0.25, 0.3) is 0 Å². The lowest BCUT2D eigenvalue weighted by Crippen LogP contribution is -2.41. The van der Waals surface area contributed by atoms with E-state index in [0.29, 0.717) is 23.8 Å². The van der Waals surface area contributed by atoms with Crippen LogP contribution in [0.5, 0.6) is 0 Å². The molecule has 1 fully saturated rings. The normalized spacial score (nSPS) is 20.0. The van der Waals surface area contributed by atoms with Gasteiger partial charge in [-0.1, -0.05) is 11.6 Å². The molecule has 3 rings (SSSR count). The molecule has 128 valence electrons. The van der Waals surface area contributed by atoms with Crippen LogP contribution in [-0.2, 0) is 11.3 Å². The number of aromatic nitrogens is 3. The van der Waals surface area contributed by atoms with E-state index in [4.69, 9.17) is 16.6 Å². The van der Waals surface area contributed by atoms with Crippen molar-refractivity contribution in [3.63, 3.8) is 0 Å². The molecule has 1 aromatic heterocycles. The third-order valence-corrected chi connectivity index (χ3v) is 5.15. The molecule has 1 saturated heterocycles. The van der Waals surface area contributed by atoms with E-state index in [-0.39, 0.29) is 24.0 Å². The zero-order valence-electron chi connectivity index (χ0n) is 14.0. The highest BCUT2D eigenvalue weighted by molar-refractivity contribution is 6.30. The van der Waals surface area contributed by atoms with E-state index >= 15 is 0 Å². The smallest absolute Gasteiger partial charge is 0.223 e. The number of aliphatic hydroxyl groups excluding tert-OH is 1. The van der Waals surface area contributed by atoms with Crippen molar-refractivity contribution in [2.45, 2.75) is 38.3 Å². The zero-order valence-corrected chi connectivity index (χ0v) is 14.8. The lowest BCUT2D eigenvalue weighted by atomic mass is 9.88. The average molecular weight is 349 g/mol. The Bertz CT molecular complexity index is 754. The van der Waals surface area contributed by atoms with E-state index in [0.717, 1.165) is 11.4 Å². The average Bonchev–Trinajstić information content (AvgIpc) is 3.03. The van der Waals surface area contributed by atoms with Gasteiger partial charge < -0.3 is 10.0 Å². The Morgan fingerprint density at radius 1 is 1.33 bits per heavy atom. The highest BCUT2D eigenvalue weighted by Crippen LogP contribution is 2.41. The quantitative estimate of drug-likeness (QED) is 0.920. The highest BCUT2D eigenvalue weighted by atomic mass is 35.5. The van der Waals surface area contributed by atoms with Gasteiger partial charge in [-0.25, -0.2) is 9.67 Å². The Balaban J connectivity index is 2.04. The van der Waals surface area contributed by atoms with Crippen LogP contribution in [0.3, 0.4) is 0 Å². The number of carbonyl (C=O) groups is 1. The van der Waals surface area contributed by atoms with Crippen LogP contribution in [0.25, 0.3) is 11.4 Å². The molecule has 0 spiro atoms. The number of benzene rings is 1. The van der Waals surface area contributed by atoms with Crippen LogP contribution in [0.2, 0.25) is 5.02 Å². The van der Waals surface area contributed by atoms with Crippen molar-refractivity contribution in [3.05, 3.63) is 35.1 Å². The Morgan fingerprint density at radius 2 is 2.00 bits per heavy atom. The molecule has 0 aliphatic carbocycles. The van der Waals surface area contributed by atoms with Gasteiger partial charge in [-0.3, -0.25) is 4.79 Å². The van der Waals surface area contributed by atoms with Crippen molar-refractivity contribution < 1.29 is 9.90 Å². The number of halogens is 1. The number of hydrogen-bond acceptors (Lipinski definition) is 4. The van der Waals surface area contributed by atoms with Crippen molar-refractivity contribution in [1.82, 2.24) is 19.7 Å². The summed E-state index contributed by atoms with van der Waals surface area (Å²) < 4.78 is 1.71. The van der Waals surface area contributed by atoms with Crippen LogP contribution in [-0.4, -0.2) is 49.9 Å². The third kappa shape index (κ3) is 2.80. The van der Waals surface area contributed by atoms with E-state index in [2.05, 4.69) is 5.10 Å². The highest BCUT2D eigenvalue weighted by Gasteiger charge is 2.47. The Kier molecular flexibility index (Phi) is 4.36. The van der Waals surface area contributed by atoms with Gasteiger partial charge in [-0.2, -0.15) is 5.10 Å². The van der Waals surface area contributed by atoms with Gasteiger partial charge in [0.1, 0.15) is 5.82 Å². The summed E-state index contributed by atoms with van der Waals surface area (Å²) in [6.45, 7) is 4.37. The molecule has 2 aromatic rings. The van der Waals surface area contributed by atoms with Crippen LogP contribution in [0.15, 0.2) is 24.3 Å². The third-order valence-electron chi connectivity index (χ3n) is 4.90. The largest absolute Gasteiger partial charge is 0.394 e. The number of carbonyl (C=O) groups excluding carboxylic acids is 1. The fourth-order valence-corrected chi connectivity index (χ4v) is 3.24. The van der Waals surface area contributed by atoms with E-state index in [1.165, 1.54) is 0 Å². The number of rotatable bonds is 4. The summed E-state index contributed by atoms with van der Waals surface area (Å²) in [5.74, 6) is 1.33. The van der Waals surface area contributed by atoms with Gasteiger partial charge in [0.15, 0.2) is 5.82 Å². The second kappa shape index (κ2) is 6.18. The molecule has 1 unspecified atom stereocenters. The summed E-state index contributed by atoms with van der Waals surface area (Å²) >= 11 is 5.94. The second-order valence-electron chi connectivity index (χ2n) is 6.61. The Labute approximate surface area is 146 Å². The predicted molar refractivity (Wildman–Crippen MR) is 91.8 cm³/mol. The van der Waals surface area contributed by atoms with E-state index in [1.54, 1.807) is 21.7 Å². The van der Waals surface area contributed by atoms with Crippen molar-refractivity contribution in [1.29, 1.82) is 0 Å². The Hall–Kier alpha value is -1.92. The molecule has 1 amide bonds. The number of likely N-dealkylation sites (N-methyl/N-ethyl adjacent to an activating group) is 1. The summed E-state index contributed by atoms with van der Waals surface area (Å²) in [6, 6.07) is 7.31. The first-order valence-electron chi connectivity index (χ1n) is 7.92. The van der Waals surface area contributed by atoms with E-state index < -0.39 is 0 Å². The standard InChI is InChI=1S/C17H21ClN4O2/c1-17(2)13(10-14(24)21(17)3)16-19-15(20-22(16)8-9-23)11-4-6-12(18)7-5-11/h4-7,13,23H,8-10H2,1-3H3. The number of aliphatic hydroxyl groups is 1. The van der Waals surface area contributed by atoms with E-state index in [9.17, 15) is 9.90 Å². The van der Waals surface area contributed by atoms with E-state index in [1.807, 2.05) is 33.0 Å². The lowest BCUT2D eigenvalue weighted by Gasteiger charge is -2.32. The number of amides is 1. The lowest BCUT2D eigenvalue weighted by molar-refractivity contribution is -0.128. The first kappa shape index (κ1) is 16.9. The zero-order chi connectivity index (χ0) is 17.5. The Morgan fingerprint density at radius 3 is 2.54 bits per heavy atom. The van der Waals surface area contributed by atoms with Crippen LogP contribution in [0, 0.1) is 0 Å². The molecule has 0 bridgehead atoms. The molecule has 6 nitrogen and oxygen atoms in total. The van der Waals surface area contributed by atoms with Crippen LogP contribution >= 0.6 is 11.6 Å². The summed E-state index contributed by atoms with van der Waals surface area (Å²) in [4.78, 5) is 18.6. The van der Waals surface area contributed by atoms with Crippen molar-refractivity contribution in [2.24, 2.45) is 0 Å². The molecular formula is C17H21ClN4O2. The number of likely N-dealkylation sites (tertiary alicyclic amines) is 1. The minimum Gasteiger partial charge on any atom is -0.394 e. The number of hydrogen-bond donors (Lipinski definition) is 1. The monoisotopic (exact) mass is 348 g/mol. The maximum absolute atomic E-state index is 12.2.